The largest absolute Gasteiger partial charge is 0.379 e. The van der Waals surface area contributed by atoms with Crippen molar-refractivity contribution < 1.29 is 0 Å². The molecule has 1 aromatic carbocycles. The fourth-order valence-electron chi connectivity index (χ4n) is 1.89. The maximum atomic E-state index is 5.99. The van der Waals surface area contributed by atoms with E-state index in [9.17, 15) is 0 Å². The molecule has 2 heterocycles. The number of halogens is 1. The first-order valence-electron chi connectivity index (χ1n) is 6.22. The van der Waals surface area contributed by atoms with Crippen LogP contribution in [0.15, 0.2) is 18.2 Å². The number of aryl methyl sites for hydroxylation is 2. The third-order valence-electron chi connectivity index (χ3n) is 3.03. The summed E-state index contributed by atoms with van der Waals surface area (Å²) in [5.74, 6) is 0.738. The average molecular weight is 322 g/mol. The number of nitrogens with one attached hydrogen (secondary N) is 1. The molecule has 0 aliphatic heterocycles. The molecular formula is C12H12ClN7S. The van der Waals surface area contributed by atoms with Crippen LogP contribution < -0.4 is 5.32 Å². The summed E-state index contributed by atoms with van der Waals surface area (Å²) >= 11 is 7.17. The molecule has 0 aliphatic rings. The van der Waals surface area contributed by atoms with E-state index in [1.165, 1.54) is 11.5 Å². The first-order chi connectivity index (χ1) is 10.1. The molecule has 1 N–H and O–H groups in total. The third-order valence-corrected chi connectivity index (χ3v) is 4.02. The monoisotopic (exact) mass is 321 g/mol. The van der Waals surface area contributed by atoms with E-state index in [2.05, 4.69) is 30.4 Å². The van der Waals surface area contributed by atoms with Crippen LogP contribution in [-0.4, -0.2) is 29.8 Å². The summed E-state index contributed by atoms with van der Waals surface area (Å²) in [6.45, 7) is 4.40. The Morgan fingerprint density at radius 1 is 1.29 bits per heavy atom. The fraction of sp³-hybridized carbons (Fsp3) is 0.250. The molecular weight excluding hydrogens is 310 g/mol. The molecule has 0 fully saturated rings. The molecule has 3 rings (SSSR count). The Balaban J connectivity index is 1.84. The molecule has 0 unspecified atom stereocenters. The minimum Gasteiger partial charge on any atom is -0.379 e. The fourth-order valence-corrected chi connectivity index (χ4v) is 2.52. The highest BCUT2D eigenvalue weighted by molar-refractivity contribution is 7.10. The lowest BCUT2D eigenvalue weighted by atomic mass is 10.2. The van der Waals surface area contributed by atoms with Gasteiger partial charge in [-0.3, -0.25) is 0 Å². The van der Waals surface area contributed by atoms with Crippen LogP contribution in [0.1, 0.15) is 17.1 Å². The molecule has 0 aliphatic carbocycles. The Labute approximate surface area is 130 Å². The van der Waals surface area contributed by atoms with E-state index in [0.29, 0.717) is 10.9 Å². The minimum absolute atomic E-state index is 0.520. The highest BCUT2D eigenvalue weighted by atomic mass is 35.5. The standard InChI is InChI=1S/C12H12ClN7S/c1-7-3-4-9(14-6-10-12(13)21-19-16-10)5-11(7)20-8(2)15-17-18-20/h3-5,14H,6H2,1-2H3. The van der Waals surface area contributed by atoms with Crippen molar-refractivity contribution in [2.24, 2.45) is 0 Å². The van der Waals surface area contributed by atoms with Crippen molar-refractivity contribution in [3.63, 3.8) is 0 Å². The Bertz CT molecular complexity index is 767. The van der Waals surface area contributed by atoms with Crippen LogP contribution in [0.3, 0.4) is 0 Å². The van der Waals surface area contributed by atoms with Crippen LogP contribution in [0.5, 0.6) is 0 Å². The summed E-state index contributed by atoms with van der Waals surface area (Å²) in [5, 5.41) is 18.8. The minimum atomic E-state index is 0.520. The Hall–Kier alpha value is -2.06. The molecule has 0 spiro atoms. The smallest absolute Gasteiger partial charge is 0.153 e. The number of tetrazole rings is 1. The first kappa shape index (κ1) is 13.9. The van der Waals surface area contributed by atoms with Gasteiger partial charge in [-0.2, -0.15) is 4.68 Å². The SMILES string of the molecule is Cc1ccc(NCc2nnsc2Cl)cc1-n1nnnc1C. The number of rotatable bonds is 4. The van der Waals surface area contributed by atoms with Gasteiger partial charge in [0, 0.05) is 17.2 Å². The van der Waals surface area contributed by atoms with Crippen molar-refractivity contribution in [2.75, 3.05) is 5.32 Å². The van der Waals surface area contributed by atoms with Crippen LogP contribution in [0.4, 0.5) is 5.69 Å². The molecule has 21 heavy (non-hydrogen) atoms. The molecule has 9 heteroatoms. The van der Waals surface area contributed by atoms with Crippen LogP contribution in [0.2, 0.25) is 4.34 Å². The summed E-state index contributed by atoms with van der Waals surface area (Å²) in [7, 11) is 0. The van der Waals surface area contributed by atoms with E-state index in [1.807, 2.05) is 32.0 Å². The molecule has 108 valence electrons. The van der Waals surface area contributed by atoms with E-state index >= 15 is 0 Å². The van der Waals surface area contributed by atoms with Crippen molar-refractivity contribution in [3.8, 4) is 5.69 Å². The highest BCUT2D eigenvalue weighted by Gasteiger charge is 2.09. The van der Waals surface area contributed by atoms with Crippen molar-refractivity contribution in [1.82, 2.24) is 29.8 Å². The van der Waals surface area contributed by atoms with E-state index in [1.54, 1.807) is 4.68 Å². The van der Waals surface area contributed by atoms with Gasteiger partial charge in [-0.15, -0.1) is 10.2 Å². The zero-order valence-corrected chi connectivity index (χ0v) is 13.0. The van der Waals surface area contributed by atoms with Gasteiger partial charge < -0.3 is 5.32 Å². The molecule has 0 amide bonds. The van der Waals surface area contributed by atoms with E-state index < -0.39 is 0 Å². The second kappa shape index (κ2) is 5.74. The van der Waals surface area contributed by atoms with E-state index in [4.69, 9.17) is 11.6 Å². The zero-order chi connectivity index (χ0) is 14.8. The van der Waals surface area contributed by atoms with Gasteiger partial charge in [0.2, 0.25) is 0 Å². The van der Waals surface area contributed by atoms with E-state index in [0.717, 1.165) is 28.5 Å². The summed E-state index contributed by atoms with van der Waals surface area (Å²) in [6, 6.07) is 6.00. The lowest BCUT2D eigenvalue weighted by Crippen LogP contribution is -2.05. The zero-order valence-electron chi connectivity index (χ0n) is 11.4. The maximum Gasteiger partial charge on any atom is 0.153 e. The number of anilines is 1. The van der Waals surface area contributed by atoms with Gasteiger partial charge in [0.05, 0.1) is 12.2 Å². The lowest BCUT2D eigenvalue weighted by Gasteiger charge is -2.10. The van der Waals surface area contributed by atoms with Crippen LogP contribution in [0.25, 0.3) is 5.69 Å². The summed E-state index contributed by atoms with van der Waals surface area (Å²) in [5.41, 5.74) is 3.70. The molecule has 2 aromatic heterocycles. The molecule has 0 atom stereocenters. The van der Waals surface area contributed by atoms with Crippen LogP contribution in [-0.2, 0) is 6.54 Å². The number of benzene rings is 1. The Kier molecular flexibility index (Phi) is 3.80. The lowest BCUT2D eigenvalue weighted by molar-refractivity contribution is 0.775. The van der Waals surface area contributed by atoms with Crippen LogP contribution in [0, 0.1) is 13.8 Å². The van der Waals surface area contributed by atoms with Gasteiger partial charge >= 0.3 is 0 Å². The first-order valence-corrected chi connectivity index (χ1v) is 7.37. The molecule has 0 bridgehead atoms. The molecule has 0 radical (unpaired) electrons. The third kappa shape index (κ3) is 2.86. The van der Waals surface area contributed by atoms with Gasteiger partial charge in [0.1, 0.15) is 10.0 Å². The molecule has 0 saturated heterocycles. The molecule has 0 saturated carbocycles. The normalized spacial score (nSPS) is 10.8. The average Bonchev–Trinajstić information content (AvgIpc) is 3.07. The van der Waals surface area contributed by atoms with Crippen molar-refractivity contribution in [1.29, 1.82) is 0 Å². The number of aromatic nitrogens is 6. The Morgan fingerprint density at radius 2 is 2.14 bits per heavy atom. The molecule has 3 aromatic rings. The van der Waals surface area contributed by atoms with Crippen molar-refractivity contribution in [2.45, 2.75) is 20.4 Å². The second-order valence-corrected chi connectivity index (χ2v) is 5.84. The van der Waals surface area contributed by atoms with Crippen molar-refractivity contribution >= 4 is 28.8 Å². The maximum absolute atomic E-state index is 5.99. The number of hydrogen-bond acceptors (Lipinski definition) is 7. The van der Waals surface area contributed by atoms with E-state index in [-0.39, 0.29) is 0 Å². The summed E-state index contributed by atoms with van der Waals surface area (Å²) in [4.78, 5) is 0. The topological polar surface area (TPSA) is 81.4 Å². The van der Waals surface area contributed by atoms with Gasteiger partial charge in [-0.25, -0.2) is 0 Å². The Morgan fingerprint density at radius 3 is 2.81 bits per heavy atom. The predicted molar refractivity (Wildman–Crippen MR) is 80.9 cm³/mol. The van der Waals surface area contributed by atoms with Gasteiger partial charge in [0.15, 0.2) is 5.82 Å². The predicted octanol–water partition coefficient (Wildman–Crippen LogP) is 2.40. The number of hydrogen-bond donors (Lipinski definition) is 1. The van der Waals surface area contributed by atoms with Crippen LogP contribution >= 0.6 is 23.1 Å². The van der Waals surface area contributed by atoms with Gasteiger partial charge in [-0.05, 0) is 42.0 Å². The van der Waals surface area contributed by atoms with Gasteiger partial charge in [0.25, 0.3) is 0 Å². The van der Waals surface area contributed by atoms with Crippen molar-refractivity contribution in [3.05, 3.63) is 39.6 Å². The molecule has 7 nitrogen and oxygen atoms in total. The summed E-state index contributed by atoms with van der Waals surface area (Å²) in [6.07, 6.45) is 0. The summed E-state index contributed by atoms with van der Waals surface area (Å²) < 4.78 is 6.12. The van der Waals surface area contributed by atoms with Gasteiger partial charge in [-0.1, -0.05) is 22.2 Å². The second-order valence-electron chi connectivity index (χ2n) is 4.49. The number of nitrogens with zero attached hydrogens (tertiary/aromatic N) is 6. The highest BCUT2D eigenvalue weighted by Crippen LogP contribution is 2.22. The quantitative estimate of drug-likeness (QED) is 0.794.